The number of ether oxygens (including phenoxy) is 1. The number of fused-ring (bicyclic) bond motifs is 1. The summed E-state index contributed by atoms with van der Waals surface area (Å²) in [6.45, 7) is 1.64. The van der Waals surface area contributed by atoms with Crippen molar-refractivity contribution in [2.45, 2.75) is 11.3 Å². The molecule has 128 valence electrons. The molecule has 1 N–H and O–H groups in total. The van der Waals surface area contributed by atoms with Crippen LogP contribution in [0.25, 0.3) is 10.2 Å². The number of esters is 1. The molecule has 0 aliphatic heterocycles. The molecule has 0 unspecified atom stereocenters. The first kappa shape index (κ1) is 17.4. The van der Waals surface area contributed by atoms with E-state index in [0.717, 1.165) is 20.1 Å². The molecule has 3 aromatic rings. The van der Waals surface area contributed by atoms with Crippen LogP contribution < -0.4 is 5.32 Å². The number of carbonyl (C=O) groups is 2. The predicted molar refractivity (Wildman–Crippen MR) is 101 cm³/mol. The molecule has 3 rings (SSSR count). The van der Waals surface area contributed by atoms with Crippen LogP contribution in [0.15, 0.2) is 52.9 Å². The summed E-state index contributed by atoms with van der Waals surface area (Å²) in [5, 5.41) is 2.70. The summed E-state index contributed by atoms with van der Waals surface area (Å²) < 4.78 is 6.89. The van der Waals surface area contributed by atoms with Gasteiger partial charge in [0.05, 0.1) is 16.0 Å². The fourth-order valence-corrected chi connectivity index (χ4v) is 4.01. The van der Waals surface area contributed by atoms with Gasteiger partial charge in [-0.05, 0) is 36.8 Å². The van der Waals surface area contributed by atoms with Crippen LogP contribution in [-0.2, 0) is 14.3 Å². The van der Waals surface area contributed by atoms with E-state index in [1.165, 1.54) is 23.1 Å². The number of anilines is 1. The average molecular weight is 372 g/mol. The van der Waals surface area contributed by atoms with Crippen LogP contribution in [0.3, 0.4) is 0 Å². The van der Waals surface area contributed by atoms with Gasteiger partial charge in [-0.2, -0.15) is 0 Å². The van der Waals surface area contributed by atoms with E-state index in [1.54, 1.807) is 6.07 Å². The first-order valence-corrected chi connectivity index (χ1v) is 9.41. The molecule has 0 bridgehead atoms. The third-order valence-corrected chi connectivity index (χ3v) is 5.41. The van der Waals surface area contributed by atoms with Crippen molar-refractivity contribution in [2.24, 2.45) is 0 Å². The van der Waals surface area contributed by atoms with Gasteiger partial charge in [-0.1, -0.05) is 36.0 Å². The Morgan fingerprint density at radius 3 is 2.84 bits per heavy atom. The minimum absolute atomic E-state index is 0.123. The second-order valence-electron chi connectivity index (χ2n) is 5.31. The van der Waals surface area contributed by atoms with Gasteiger partial charge in [-0.25, -0.2) is 4.98 Å². The molecule has 0 fully saturated rings. The zero-order valence-corrected chi connectivity index (χ0v) is 15.2. The van der Waals surface area contributed by atoms with Crippen LogP contribution in [0.2, 0.25) is 0 Å². The quantitative estimate of drug-likeness (QED) is 0.525. The lowest BCUT2D eigenvalue weighted by Gasteiger charge is -2.06. The van der Waals surface area contributed by atoms with E-state index in [4.69, 9.17) is 4.74 Å². The summed E-state index contributed by atoms with van der Waals surface area (Å²) in [7, 11) is 0. The number of thioether (sulfide) groups is 1. The number of hydrogen-bond acceptors (Lipinski definition) is 6. The van der Waals surface area contributed by atoms with Gasteiger partial charge in [-0.15, -0.1) is 11.3 Å². The first-order valence-electron chi connectivity index (χ1n) is 7.61. The van der Waals surface area contributed by atoms with Crippen LogP contribution in [-0.4, -0.2) is 29.2 Å². The molecule has 0 spiro atoms. The number of carbonyl (C=O) groups excluding carboxylic acids is 2. The van der Waals surface area contributed by atoms with Gasteiger partial charge in [-0.3, -0.25) is 9.59 Å². The second-order valence-corrected chi connectivity index (χ2v) is 7.57. The maximum atomic E-state index is 11.8. The number of thiazole rings is 1. The molecular formula is C18H16N2O3S2. The van der Waals surface area contributed by atoms with Crippen molar-refractivity contribution in [2.75, 3.05) is 17.7 Å². The van der Waals surface area contributed by atoms with E-state index in [-0.39, 0.29) is 18.3 Å². The predicted octanol–water partition coefficient (Wildman–Crippen LogP) is 3.88. The molecule has 1 amide bonds. The number of amides is 1. The van der Waals surface area contributed by atoms with Gasteiger partial charge < -0.3 is 10.1 Å². The molecule has 1 aromatic heterocycles. The molecule has 0 radical (unpaired) electrons. The molecule has 0 atom stereocenters. The Bertz CT molecular complexity index is 875. The lowest BCUT2D eigenvalue weighted by Crippen LogP contribution is -2.21. The molecule has 5 nitrogen and oxygen atoms in total. The molecule has 1 heterocycles. The van der Waals surface area contributed by atoms with Crippen molar-refractivity contribution < 1.29 is 14.3 Å². The summed E-state index contributed by atoms with van der Waals surface area (Å²) in [6.07, 6.45) is 0. The van der Waals surface area contributed by atoms with Crippen molar-refractivity contribution in [3.05, 3.63) is 54.1 Å². The van der Waals surface area contributed by atoms with Crippen molar-refractivity contribution in [1.82, 2.24) is 4.98 Å². The highest BCUT2D eigenvalue weighted by Gasteiger charge is 2.11. The maximum absolute atomic E-state index is 11.8. The van der Waals surface area contributed by atoms with E-state index in [2.05, 4.69) is 10.3 Å². The number of para-hydroxylation sites is 1. The third-order valence-electron chi connectivity index (χ3n) is 3.25. The van der Waals surface area contributed by atoms with Gasteiger partial charge in [0.25, 0.3) is 5.91 Å². The number of nitrogens with zero attached hydrogens (tertiary/aromatic N) is 1. The van der Waals surface area contributed by atoms with Crippen molar-refractivity contribution in [1.29, 1.82) is 0 Å². The van der Waals surface area contributed by atoms with Crippen molar-refractivity contribution in [3.63, 3.8) is 0 Å². The minimum Gasteiger partial charge on any atom is -0.455 e. The van der Waals surface area contributed by atoms with E-state index >= 15 is 0 Å². The normalized spacial score (nSPS) is 10.6. The zero-order valence-electron chi connectivity index (χ0n) is 13.5. The Morgan fingerprint density at radius 2 is 2.04 bits per heavy atom. The van der Waals surface area contributed by atoms with Crippen LogP contribution in [0.4, 0.5) is 5.69 Å². The molecule has 25 heavy (non-hydrogen) atoms. The Labute approximate surface area is 153 Å². The SMILES string of the molecule is Cc1cccc(NC(=O)COC(=O)CSc2nc3ccccc3s2)c1. The van der Waals surface area contributed by atoms with Gasteiger partial charge in [0.2, 0.25) is 0 Å². The van der Waals surface area contributed by atoms with Crippen LogP contribution in [0.1, 0.15) is 5.56 Å². The Balaban J connectivity index is 1.43. The van der Waals surface area contributed by atoms with Crippen molar-refractivity contribution >= 4 is 50.9 Å². The Kier molecular flexibility index (Phi) is 5.67. The number of rotatable bonds is 6. The first-order chi connectivity index (χ1) is 12.1. The fraction of sp³-hybridized carbons (Fsp3) is 0.167. The fourth-order valence-electron chi connectivity index (χ4n) is 2.14. The average Bonchev–Trinajstić information content (AvgIpc) is 3.01. The molecule has 0 aliphatic carbocycles. The summed E-state index contributed by atoms with van der Waals surface area (Å²) in [5.41, 5.74) is 2.65. The highest BCUT2D eigenvalue weighted by Crippen LogP contribution is 2.29. The summed E-state index contributed by atoms with van der Waals surface area (Å²) >= 11 is 2.84. The highest BCUT2D eigenvalue weighted by atomic mass is 32.2. The molecular weight excluding hydrogens is 356 g/mol. The second kappa shape index (κ2) is 8.13. The number of nitrogens with one attached hydrogen (secondary N) is 1. The largest absolute Gasteiger partial charge is 0.455 e. The monoisotopic (exact) mass is 372 g/mol. The van der Waals surface area contributed by atoms with Gasteiger partial charge in [0, 0.05) is 5.69 Å². The number of aromatic nitrogens is 1. The summed E-state index contributed by atoms with van der Waals surface area (Å²) in [4.78, 5) is 28.0. The number of benzene rings is 2. The van der Waals surface area contributed by atoms with E-state index in [9.17, 15) is 9.59 Å². The summed E-state index contributed by atoms with van der Waals surface area (Å²) in [6, 6.07) is 15.2. The van der Waals surface area contributed by atoms with E-state index < -0.39 is 5.97 Å². The molecule has 0 saturated heterocycles. The van der Waals surface area contributed by atoms with Gasteiger partial charge in [0.1, 0.15) is 0 Å². The highest BCUT2D eigenvalue weighted by molar-refractivity contribution is 8.01. The third kappa shape index (κ3) is 5.04. The minimum atomic E-state index is -0.441. The number of hydrogen-bond donors (Lipinski definition) is 1. The van der Waals surface area contributed by atoms with Gasteiger partial charge >= 0.3 is 5.97 Å². The van der Waals surface area contributed by atoms with Crippen molar-refractivity contribution in [3.8, 4) is 0 Å². The molecule has 7 heteroatoms. The molecule has 0 aliphatic rings. The Hall–Kier alpha value is -2.38. The maximum Gasteiger partial charge on any atom is 0.316 e. The Morgan fingerprint density at radius 1 is 1.20 bits per heavy atom. The van der Waals surface area contributed by atoms with E-state index in [1.807, 2.05) is 49.4 Å². The van der Waals surface area contributed by atoms with E-state index in [0.29, 0.717) is 5.69 Å². The van der Waals surface area contributed by atoms with Crippen LogP contribution >= 0.6 is 23.1 Å². The van der Waals surface area contributed by atoms with Crippen LogP contribution in [0, 0.1) is 6.92 Å². The molecule has 2 aromatic carbocycles. The zero-order chi connectivity index (χ0) is 17.6. The number of aryl methyl sites for hydroxylation is 1. The summed E-state index contributed by atoms with van der Waals surface area (Å²) in [5.74, 6) is -0.676. The van der Waals surface area contributed by atoms with Crippen LogP contribution in [0.5, 0.6) is 0 Å². The lowest BCUT2D eigenvalue weighted by atomic mass is 10.2. The van der Waals surface area contributed by atoms with Gasteiger partial charge in [0.15, 0.2) is 10.9 Å². The molecule has 0 saturated carbocycles. The lowest BCUT2D eigenvalue weighted by molar-refractivity contribution is -0.144. The topological polar surface area (TPSA) is 68.3 Å². The standard InChI is InChI=1S/C18H16N2O3S2/c1-12-5-4-6-13(9-12)19-16(21)10-23-17(22)11-24-18-20-14-7-2-3-8-15(14)25-18/h2-9H,10-11H2,1H3,(H,19,21). The smallest absolute Gasteiger partial charge is 0.316 e.